The van der Waals surface area contributed by atoms with Crippen molar-refractivity contribution in [3.8, 4) is 0 Å². The molecule has 0 aromatic carbocycles. The molecular weight excluding hydrogens is 532 g/mol. The predicted octanol–water partition coefficient (Wildman–Crippen LogP) is 5.10. The Bertz CT molecular complexity index is 728. The third-order valence-corrected chi connectivity index (χ3v) is 3.93. The van der Waals surface area contributed by atoms with Gasteiger partial charge in [-0.25, -0.2) is 4.84 Å². The second-order valence-electron chi connectivity index (χ2n) is 7.69. The number of rotatable bonds is 11. The van der Waals surface area contributed by atoms with Crippen LogP contribution in [0.1, 0.15) is 6.42 Å². The third kappa shape index (κ3) is 5.25. The van der Waals surface area contributed by atoms with Crippen molar-refractivity contribution in [1.82, 2.24) is 5.29 Å². The first kappa shape index (κ1) is 32.3. The minimum atomic E-state index is -8.57. The molecule has 0 saturated carbocycles. The molecule has 0 aliphatic carbocycles. The molecule has 0 atom stereocenters. The summed E-state index contributed by atoms with van der Waals surface area (Å²) < 4.78 is 209. The van der Waals surface area contributed by atoms with E-state index in [9.17, 15) is 75.1 Å². The van der Waals surface area contributed by atoms with Crippen LogP contribution in [0.3, 0.4) is 0 Å². The third-order valence-electron chi connectivity index (χ3n) is 3.93. The number of nitrogens with zero attached hydrogens (tertiary/aromatic N) is 2. The molecule has 4 nitrogen and oxygen atoms in total. The molecule has 0 N–H and O–H groups in total. The minimum Gasteiger partial charge on any atom is -0.331 e. The van der Waals surface area contributed by atoms with Crippen LogP contribution in [0, 0.1) is 0 Å². The molecule has 204 valence electrons. The lowest BCUT2D eigenvalue weighted by Crippen LogP contribution is -2.73. The van der Waals surface area contributed by atoms with Crippen LogP contribution in [0.15, 0.2) is 0 Å². The fourth-order valence-corrected chi connectivity index (χ4v) is 1.95. The van der Waals surface area contributed by atoms with Crippen molar-refractivity contribution in [3.05, 3.63) is 0 Å². The predicted molar refractivity (Wildman–Crippen MR) is 77.2 cm³/mol. The molecule has 0 aromatic rings. The first-order valence-corrected chi connectivity index (χ1v) is 8.31. The lowest BCUT2D eigenvalue weighted by molar-refractivity contribution is -0.870. The Morgan fingerprint density at radius 3 is 1.38 bits per heavy atom. The lowest BCUT2D eigenvalue weighted by Gasteiger charge is -2.41. The molecule has 0 rings (SSSR count). The maximum absolute atomic E-state index is 13.6. The molecular formula is C14H15F16N2O2+. The number of halogens is 16. The first-order chi connectivity index (χ1) is 14.5. The quantitative estimate of drug-likeness (QED) is 0.119. The number of hydroxylamine groups is 1. The monoisotopic (exact) mass is 547 g/mol. The molecule has 0 fully saturated rings. The number of amides is 1. The molecule has 0 heterocycles. The normalized spacial score (nSPS) is 15.5. The van der Waals surface area contributed by atoms with Crippen LogP contribution in [0.25, 0.3) is 0 Å². The highest BCUT2D eigenvalue weighted by molar-refractivity contribution is 5.83. The van der Waals surface area contributed by atoms with Crippen LogP contribution >= 0.6 is 0 Å². The highest BCUT2D eigenvalue weighted by atomic mass is 19.4. The molecule has 0 aliphatic heterocycles. The van der Waals surface area contributed by atoms with E-state index in [1.807, 2.05) is 0 Å². The van der Waals surface area contributed by atoms with E-state index in [1.165, 1.54) is 21.1 Å². The van der Waals surface area contributed by atoms with Crippen LogP contribution in [-0.2, 0) is 9.63 Å². The number of carbonyl (C=O) groups excluding carboxylic acids is 1. The fourth-order valence-electron chi connectivity index (χ4n) is 1.95. The maximum atomic E-state index is 13.6. The van der Waals surface area contributed by atoms with Gasteiger partial charge in [0.1, 0.15) is 0 Å². The largest absolute Gasteiger partial charge is 0.460 e. The fraction of sp³-hybridized carbons (Fsp3) is 0.929. The molecule has 0 bridgehead atoms. The summed E-state index contributed by atoms with van der Waals surface area (Å²) in [6, 6.07) is 0. The minimum absolute atomic E-state index is 0.0430. The van der Waals surface area contributed by atoms with Gasteiger partial charge in [-0.3, -0.25) is 4.79 Å². The molecule has 0 saturated heterocycles. The van der Waals surface area contributed by atoms with Crippen molar-refractivity contribution in [3.63, 3.8) is 0 Å². The molecule has 20 heteroatoms. The Balaban J connectivity index is 6.10. The maximum Gasteiger partial charge on any atom is 0.460 e. The van der Waals surface area contributed by atoms with Crippen molar-refractivity contribution in [2.75, 3.05) is 34.3 Å². The van der Waals surface area contributed by atoms with E-state index in [-0.39, 0.29) is 17.4 Å². The zero-order valence-electron chi connectivity index (χ0n) is 16.9. The molecule has 1 amide bonds. The Morgan fingerprint density at radius 2 is 1.03 bits per heavy atom. The zero-order chi connectivity index (χ0) is 28.0. The van der Waals surface area contributed by atoms with Crippen LogP contribution in [-0.4, -0.2) is 91.7 Å². The Labute approximate surface area is 179 Å². The number of carbonyl (C=O) groups is 1. The van der Waals surface area contributed by atoms with Gasteiger partial charge in [0.25, 0.3) is 0 Å². The van der Waals surface area contributed by atoms with Gasteiger partial charge in [-0.05, 0) is 5.29 Å². The Kier molecular flexibility index (Phi) is 8.59. The summed E-state index contributed by atoms with van der Waals surface area (Å²) in [5.41, 5.74) is 0. The average Bonchev–Trinajstić information content (AvgIpc) is 2.61. The van der Waals surface area contributed by atoms with Crippen LogP contribution in [0.5, 0.6) is 0 Å². The standard InChI is InChI=1S/C14H15F16N2O2/c1-32(2,3)5-4-6-34-31(30)7(33)8(15,16)9(17,18)10(19,20)11(21,22)12(23,24)13(25,26)14(27,28)29/h4-6H2,1-3H3/q+1. The molecule has 0 spiro atoms. The van der Waals surface area contributed by atoms with Gasteiger partial charge in [0.2, 0.25) is 0 Å². The van der Waals surface area contributed by atoms with Crippen molar-refractivity contribution < 1.29 is 84.5 Å². The van der Waals surface area contributed by atoms with Gasteiger partial charge in [-0.2, -0.15) is 65.9 Å². The Hall–Kier alpha value is -1.73. The van der Waals surface area contributed by atoms with Crippen molar-refractivity contribution in [2.24, 2.45) is 0 Å². The summed E-state index contributed by atoms with van der Waals surface area (Å²) in [5, 5.41) is -2.33. The van der Waals surface area contributed by atoms with Gasteiger partial charge in [0.05, 0.1) is 34.3 Å². The highest BCUT2D eigenvalue weighted by Crippen LogP contribution is 2.62. The van der Waals surface area contributed by atoms with E-state index >= 15 is 0 Å². The average molecular weight is 547 g/mol. The van der Waals surface area contributed by atoms with E-state index in [2.05, 4.69) is 4.84 Å². The highest BCUT2D eigenvalue weighted by Gasteiger charge is 2.94. The van der Waals surface area contributed by atoms with Crippen molar-refractivity contribution in [1.29, 1.82) is 0 Å². The van der Waals surface area contributed by atoms with Gasteiger partial charge in [-0.1, -0.05) is 4.48 Å². The molecule has 0 unspecified atom stereocenters. The summed E-state index contributed by atoms with van der Waals surface area (Å²) in [7, 11) is 4.56. The second kappa shape index (κ2) is 9.05. The van der Waals surface area contributed by atoms with Gasteiger partial charge in [0, 0.05) is 6.42 Å². The molecule has 34 heavy (non-hydrogen) atoms. The van der Waals surface area contributed by atoms with E-state index in [0.29, 0.717) is 0 Å². The summed E-state index contributed by atoms with van der Waals surface area (Å²) >= 11 is 0. The molecule has 0 aliphatic rings. The molecule has 0 radical (unpaired) electrons. The molecule has 0 aromatic heterocycles. The van der Waals surface area contributed by atoms with Crippen molar-refractivity contribution in [2.45, 2.75) is 48.1 Å². The van der Waals surface area contributed by atoms with Crippen LogP contribution < -0.4 is 0 Å². The number of hydrogen-bond donors (Lipinski definition) is 0. The van der Waals surface area contributed by atoms with Gasteiger partial charge in [-0.15, -0.1) is 0 Å². The van der Waals surface area contributed by atoms with E-state index in [0.717, 1.165) is 0 Å². The number of quaternary nitrogens is 1. The van der Waals surface area contributed by atoms with Crippen molar-refractivity contribution >= 4 is 5.91 Å². The Morgan fingerprint density at radius 1 is 0.676 bits per heavy atom. The SMILES string of the molecule is C[N+](C)(C)CCCON(F)C(=O)C(F)(F)C(F)(F)C(F)(F)C(F)(F)C(F)(F)C(F)(F)C(F)(F)F. The summed E-state index contributed by atoms with van der Waals surface area (Å²) in [6.07, 6.45) is -8.06. The second-order valence-corrected chi connectivity index (χ2v) is 7.69. The summed E-state index contributed by atoms with van der Waals surface area (Å²) in [6.45, 7) is -1.04. The summed E-state index contributed by atoms with van der Waals surface area (Å²) in [5.74, 6) is -53.4. The van der Waals surface area contributed by atoms with E-state index < -0.39 is 59.5 Å². The van der Waals surface area contributed by atoms with Crippen LogP contribution in [0.2, 0.25) is 0 Å². The van der Waals surface area contributed by atoms with Gasteiger partial charge in [0.15, 0.2) is 0 Å². The smallest absolute Gasteiger partial charge is 0.331 e. The van der Waals surface area contributed by atoms with Gasteiger partial charge >= 0.3 is 47.6 Å². The van der Waals surface area contributed by atoms with E-state index in [4.69, 9.17) is 0 Å². The lowest BCUT2D eigenvalue weighted by atomic mass is 9.91. The van der Waals surface area contributed by atoms with Crippen LogP contribution in [0.4, 0.5) is 70.3 Å². The number of alkyl halides is 15. The zero-order valence-corrected chi connectivity index (χ0v) is 16.9. The van der Waals surface area contributed by atoms with Gasteiger partial charge < -0.3 is 4.48 Å². The first-order valence-electron chi connectivity index (χ1n) is 8.31. The summed E-state index contributed by atoms with van der Waals surface area (Å²) in [4.78, 5) is 14.7. The van der Waals surface area contributed by atoms with E-state index in [1.54, 1.807) is 0 Å². The topological polar surface area (TPSA) is 29.5 Å². The number of hydrogen-bond acceptors (Lipinski definition) is 2.